The molecule has 1 aromatic carbocycles. The summed E-state index contributed by atoms with van der Waals surface area (Å²) in [7, 11) is 0. The van der Waals surface area contributed by atoms with E-state index in [1.807, 2.05) is 24.3 Å². The summed E-state index contributed by atoms with van der Waals surface area (Å²) in [4.78, 5) is 8.85. The summed E-state index contributed by atoms with van der Waals surface area (Å²) in [6, 6.07) is 7.79. The second-order valence-electron chi connectivity index (χ2n) is 4.05. The molecule has 15 heavy (non-hydrogen) atoms. The van der Waals surface area contributed by atoms with Crippen molar-refractivity contribution in [2.75, 3.05) is 0 Å². The quantitative estimate of drug-likeness (QED) is 0.811. The number of benzene rings is 1. The van der Waals surface area contributed by atoms with Crippen LogP contribution in [0, 0.1) is 5.92 Å². The van der Waals surface area contributed by atoms with Crippen LogP contribution >= 0.6 is 0 Å². The Bertz CT molecular complexity index is 465. The minimum absolute atomic E-state index is 0.0397. The maximum Gasteiger partial charge on any atom is 0.0890 e. The van der Waals surface area contributed by atoms with Crippen LogP contribution in [0.25, 0.3) is 11.0 Å². The molecular formula is C12H15N3. The van der Waals surface area contributed by atoms with Crippen molar-refractivity contribution >= 4 is 11.0 Å². The summed E-state index contributed by atoms with van der Waals surface area (Å²) in [5.41, 5.74) is 8.71. The molecule has 0 saturated carbocycles. The lowest BCUT2D eigenvalue weighted by molar-refractivity contribution is 0.503. The molecule has 0 radical (unpaired) electrons. The van der Waals surface area contributed by atoms with Crippen LogP contribution in [-0.2, 0) is 0 Å². The Labute approximate surface area is 89.4 Å². The number of nitrogens with two attached hydrogens (primary N) is 1. The van der Waals surface area contributed by atoms with Gasteiger partial charge in [0.2, 0.25) is 0 Å². The molecule has 0 aliphatic rings. The average molecular weight is 201 g/mol. The maximum atomic E-state index is 6.03. The van der Waals surface area contributed by atoms with E-state index in [4.69, 9.17) is 5.73 Å². The van der Waals surface area contributed by atoms with Gasteiger partial charge in [0.05, 0.1) is 29.0 Å². The van der Waals surface area contributed by atoms with Crippen molar-refractivity contribution in [1.82, 2.24) is 9.97 Å². The van der Waals surface area contributed by atoms with E-state index in [2.05, 4.69) is 23.8 Å². The van der Waals surface area contributed by atoms with Gasteiger partial charge in [0.1, 0.15) is 0 Å². The van der Waals surface area contributed by atoms with Gasteiger partial charge in [-0.25, -0.2) is 4.98 Å². The fourth-order valence-corrected chi connectivity index (χ4v) is 1.47. The molecule has 2 aromatic rings. The highest BCUT2D eigenvalue weighted by molar-refractivity contribution is 5.73. The first-order valence-corrected chi connectivity index (χ1v) is 5.16. The minimum atomic E-state index is -0.0397. The van der Waals surface area contributed by atoms with Crippen molar-refractivity contribution in [3.63, 3.8) is 0 Å². The second-order valence-corrected chi connectivity index (χ2v) is 4.05. The monoisotopic (exact) mass is 201 g/mol. The predicted octanol–water partition coefficient (Wildman–Crippen LogP) is 2.29. The number of para-hydroxylation sites is 2. The van der Waals surface area contributed by atoms with E-state index in [0.717, 1.165) is 16.7 Å². The Morgan fingerprint density at radius 2 is 1.80 bits per heavy atom. The number of hydrogen-bond donors (Lipinski definition) is 1. The van der Waals surface area contributed by atoms with E-state index >= 15 is 0 Å². The van der Waals surface area contributed by atoms with Gasteiger partial charge in [0.15, 0.2) is 0 Å². The third-order valence-corrected chi connectivity index (χ3v) is 2.53. The normalized spacial score (nSPS) is 13.3. The fourth-order valence-electron chi connectivity index (χ4n) is 1.47. The fraction of sp³-hybridized carbons (Fsp3) is 0.333. The molecule has 0 fully saturated rings. The van der Waals surface area contributed by atoms with Gasteiger partial charge in [-0.2, -0.15) is 0 Å². The van der Waals surface area contributed by atoms with Gasteiger partial charge < -0.3 is 5.73 Å². The average Bonchev–Trinajstić information content (AvgIpc) is 2.27. The highest BCUT2D eigenvalue weighted by Gasteiger charge is 2.12. The lowest BCUT2D eigenvalue weighted by Gasteiger charge is -2.14. The summed E-state index contributed by atoms with van der Waals surface area (Å²) in [5.74, 6) is 0.375. The maximum absolute atomic E-state index is 6.03. The molecular weight excluding hydrogens is 186 g/mol. The largest absolute Gasteiger partial charge is 0.322 e. The van der Waals surface area contributed by atoms with E-state index in [9.17, 15) is 0 Å². The third-order valence-electron chi connectivity index (χ3n) is 2.53. The van der Waals surface area contributed by atoms with E-state index in [1.165, 1.54) is 0 Å². The molecule has 1 unspecified atom stereocenters. The number of nitrogens with zero attached hydrogens (tertiary/aromatic N) is 2. The number of fused-ring (bicyclic) bond motifs is 1. The van der Waals surface area contributed by atoms with Crippen LogP contribution in [0.15, 0.2) is 30.5 Å². The van der Waals surface area contributed by atoms with E-state index in [1.54, 1.807) is 6.20 Å². The van der Waals surface area contributed by atoms with Gasteiger partial charge in [-0.3, -0.25) is 4.98 Å². The highest BCUT2D eigenvalue weighted by Crippen LogP contribution is 2.18. The third kappa shape index (κ3) is 1.97. The van der Waals surface area contributed by atoms with Crippen LogP contribution in [0.1, 0.15) is 25.6 Å². The molecule has 2 rings (SSSR count). The molecule has 0 saturated heterocycles. The zero-order valence-electron chi connectivity index (χ0n) is 9.01. The number of hydrogen-bond acceptors (Lipinski definition) is 3. The van der Waals surface area contributed by atoms with Crippen LogP contribution in [0.3, 0.4) is 0 Å². The van der Waals surface area contributed by atoms with Gasteiger partial charge in [-0.1, -0.05) is 26.0 Å². The molecule has 1 atom stereocenters. The highest BCUT2D eigenvalue weighted by atomic mass is 14.8. The van der Waals surface area contributed by atoms with Crippen molar-refractivity contribution in [3.05, 3.63) is 36.2 Å². The summed E-state index contributed by atoms with van der Waals surface area (Å²) in [6.45, 7) is 4.17. The molecule has 2 N–H and O–H groups in total. The van der Waals surface area contributed by atoms with Gasteiger partial charge in [0, 0.05) is 0 Å². The molecule has 0 spiro atoms. The Morgan fingerprint density at radius 3 is 2.47 bits per heavy atom. The van der Waals surface area contributed by atoms with Gasteiger partial charge >= 0.3 is 0 Å². The lowest BCUT2D eigenvalue weighted by atomic mass is 10.0. The number of aromatic nitrogens is 2. The summed E-state index contributed by atoms with van der Waals surface area (Å²) < 4.78 is 0. The van der Waals surface area contributed by atoms with Crippen molar-refractivity contribution in [1.29, 1.82) is 0 Å². The van der Waals surface area contributed by atoms with Gasteiger partial charge in [-0.15, -0.1) is 0 Å². The predicted molar refractivity (Wildman–Crippen MR) is 61.3 cm³/mol. The van der Waals surface area contributed by atoms with Crippen LogP contribution in [0.4, 0.5) is 0 Å². The van der Waals surface area contributed by atoms with E-state index < -0.39 is 0 Å². The molecule has 3 heteroatoms. The van der Waals surface area contributed by atoms with Crippen molar-refractivity contribution in [2.45, 2.75) is 19.9 Å². The van der Waals surface area contributed by atoms with Crippen LogP contribution in [0.5, 0.6) is 0 Å². The van der Waals surface area contributed by atoms with Crippen molar-refractivity contribution in [3.8, 4) is 0 Å². The molecule has 0 bridgehead atoms. The zero-order chi connectivity index (χ0) is 10.8. The SMILES string of the molecule is CC(C)C(N)c1cnc2ccccc2n1. The Kier molecular flexibility index (Phi) is 2.64. The summed E-state index contributed by atoms with van der Waals surface area (Å²) in [6.07, 6.45) is 1.77. The first kappa shape index (κ1) is 10.1. The second kappa shape index (κ2) is 3.95. The Hall–Kier alpha value is -1.48. The molecule has 1 aromatic heterocycles. The molecule has 0 amide bonds. The zero-order valence-corrected chi connectivity index (χ0v) is 9.01. The molecule has 0 aliphatic heterocycles. The lowest BCUT2D eigenvalue weighted by Crippen LogP contribution is -2.18. The molecule has 3 nitrogen and oxygen atoms in total. The molecule has 0 aliphatic carbocycles. The van der Waals surface area contributed by atoms with E-state index in [0.29, 0.717) is 5.92 Å². The van der Waals surface area contributed by atoms with Crippen LogP contribution in [-0.4, -0.2) is 9.97 Å². The Balaban J connectivity index is 2.47. The van der Waals surface area contributed by atoms with Gasteiger partial charge in [0.25, 0.3) is 0 Å². The summed E-state index contributed by atoms with van der Waals surface area (Å²) >= 11 is 0. The first-order chi connectivity index (χ1) is 7.18. The summed E-state index contributed by atoms with van der Waals surface area (Å²) in [5, 5.41) is 0. The molecule has 78 valence electrons. The van der Waals surface area contributed by atoms with Gasteiger partial charge in [-0.05, 0) is 18.1 Å². The van der Waals surface area contributed by atoms with Crippen molar-refractivity contribution in [2.24, 2.45) is 11.7 Å². The standard InChI is InChI=1S/C12H15N3/c1-8(2)12(13)11-7-14-9-5-3-4-6-10(9)15-11/h3-8,12H,13H2,1-2H3. The molecule has 1 heterocycles. The number of rotatable bonds is 2. The smallest absolute Gasteiger partial charge is 0.0890 e. The van der Waals surface area contributed by atoms with Crippen LogP contribution in [0.2, 0.25) is 0 Å². The minimum Gasteiger partial charge on any atom is -0.322 e. The first-order valence-electron chi connectivity index (χ1n) is 5.16. The van der Waals surface area contributed by atoms with Crippen molar-refractivity contribution < 1.29 is 0 Å². The Morgan fingerprint density at radius 1 is 1.13 bits per heavy atom. The van der Waals surface area contributed by atoms with E-state index in [-0.39, 0.29) is 6.04 Å². The van der Waals surface area contributed by atoms with Crippen LogP contribution < -0.4 is 5.73 Å². The topological polar surface area (TPSA) is 51.8 Å².